The molecule has 0 aliphatic rings. The highest BCUT2D eigenvalue weighted by molar-refractivity contribution is 9.10. The maximum atomic E-state index is 11.4. The molecule has 0 aliphatic heterocycles. The molecule has 1 aromatic rings. The van der Waals surface area contributed by atoms with Crippen LogP contribution >= 0.6 is 27.5 Å². The highest BCUT2D eigenvalue weighted by atomic mass is 79.9. The standard InChI is InChI=1S/C8H8BrClN2O/c9-6-2-1-4-11-7(6)8(13)12-5-3-10/h1-2,4H,3,5H2,(H,12,13). The highest BCUT2D eigenvalue weighted by Gasteiger charge is 2.09. The molecule has 1 heterocycles. The van der Waals surface area contributed by atoms with Crippen LogP contribution in [0.15, 0.2) is 22.8 Å². The highest BCUT2D eigenvalue weighted by Crippen LogP contribution is 2.12. The number of amides is 1. The number of hydrogen-bond acceptors (Lipinski definition) is 2. The van der Waals surface area contributed by atoms with Crippen LogP contribution in [0.4, 0.5) is 0 Å². The topological polar surface area (TPSA) is 42.0 Å². The molecule has 0 aliphatic carbocycles. The third-order valence-corrected chi connectivity index (χ3v) is 2.18. The van der Waals surface area contributed by atoms with Crippen molar-refractivity contribution in [2.45, 2.75) is 0 Å². The predicted molar refractivity (Wildman–Crippen MR) is 55.0 cm³/mol. The van der Waals surface area contributed by atoms with Crippen LogP contribution in [0.2, 0.25) is 0 Å². The number of aromatic nitrogens is 1. The zero-order valence-electron chi connectivity index (χ0n) is 6.76. The molecule has 0 fully saturated rings. The SMILES string of the molecule is O=C(NCCCl)c1ncccc1Br. The normalized spacial score (nSPS) is 9.69. The quantitative estimate of drug-likeness (QED) is 0.845. The van der Waals surface area contributed by atoms with E-state index in [-0.39, 0.29) is 5.91 Å². The number of alkyl halides is 1. The molecule has 1 aromatic heterocycles. The van der Waals surface area contributed by atoms with Crippen molar-refractivity contribution in [2.24, 2.45) is 0 Å². The molecule has 0 saturated carbocycles. The third kappa shape index (κ3) is 2.97. The minimum Gasteiger partial charge on any atom is -0.349 e. The van der Waals surface area contributed by atoms with Gasteiger partial charge in [0, 0.05) is 23.1 Å². The molecule has 3 nitrogen and oxygen atoms in total. The second-order valence-corrected chi connectivity index (χ2v) is 3.51. The molecule has 1 amide bonds. The summed E-state index contributed by atoms with van der Waals surface area (Å²) in [6, 6.07) is 3.52. The second-order valence-electron chi connectivity index (χ2n) is 2.28. The Hall–Kier alpha value is -0.610. The minimum atomic E-state index is -0.215. The molecule has 0 atom stereocenters. The number of hydrogen-bond donors (Lipinski definition) is 1. The molecule has 1 rings (SSSR count). The van der Waals surface area contributed by atoms with Crippen LogP contribution in [0.25, 0.3) is 0 Å². The Morgan fingerprint density at radius 3 is 3.08 bits per heavy atom. The molecular weight excluding hydrogens is 255 g/mol. The largest absolute Gasteiger partial charge is 0.349 e. The summed E-state index contributed by atoms with van der Waals surface area (Å²) in [7, 11) is 0. The molecule has 0 radical (unpaired) electrons. The van der Waals surface area contributed by atoms with Crippen LogP contribution in [0.1, 0.15) is 10.5 Å². The lowest BCUT2D eigenvalue weighted by Crippen LogP contribution is -2.26. The first-order chi connectivity index (χ1) is 6.25. The van der Waals surface area contributed by atoms with Gasteiger partial charge in [-0.15, -0.1) is 11.6 Å². The van der Waals surface area contributed by atoms with E-state index in [1.54, 1.807) is 18.3 Å². The number of nitrogens with zero attached hydrogens (tertiary/aromatic N) is 1. The fourth-order valence-corrected chi connectivity index (χ4v) is 1.33. The van der Waals surface area contributed by atoms with Crippen molar-refractivity contribution in [3.63, 3.8) is 0 Å². The van der Waals surface area contributed by atoms with Crippen LogP contribution in [0, 0.1) is 0 Å². The summed E-state index contributed by atoms with van der Waals surface area (Å²) in [5, 5.41) is 2.63. The van der Waals surface area contributed by atoms with E-state index < -0.39 is 0 Å². The Morgan fingerprint density at radius 2 is 2.46 bits per heavy atom. The second kappa shape index (κ2) is 5.19. The van der Waals surface area contributed by atoms with E-state index >= 15 is 0 Å². The van der Waals surface area contributed by atoms with Gasteiger partial charge in [0.15, 0.2) is 0 Å². The Balaban J connectivity index is 2.71. The lowest BCUT2D eigenvalue weighted by Gasteiger charge is -2.02. The fraction of sp³-hybridized carbons (Fsp3) is 0.250. The van der Waals surface area contributed by atoms with Crippen LogP contribution < -0.4 is 5.32 Å². The van der Waals surface area contributed by atoms with Gasteiger partial charge in [0.1, 0.15) is 5.69 Å². The van der Waals surface area contributed by atoms with Crippen LogP contribution in [-0.2, 0) is 0 Å². The third-order valence-electron chi connectivity index (χ3n) is 1.35. The number of rotatable bonds is 3. The zero-order chi connectivity index (χ0) is 9.68. The van der Waals surface area contributed by atoms with Gasteiger partial charge in [0.05, 0.1) is 0 Å². The Labute approximate surface area is 89.6 Å². The monoisotopic (exact) mass is 262 g/mol. The van der Waals surface area contributed by atoms with Crippen LogP contribution in [0.3, 0.4) is 0 Å². The number of pyridine rings is 1. The van der Waals surface area contributed by atoms with Crippen molar-refractivity contribution in [1.82, 2.24) is 10.3 Å². The lowest BCUT2D eigenvalue weighted by atomic mass is 10.3. The summed E-state index contributed by atoms with van der Waals surface area (Å²) in [6.07, 6.45) is 1.57. The van der Waals surface area contributed by atoms with E-state index in [1.807, 2.05) is 0 Å². The number of nitrogens with one attached hydrogen (secondary N) is 1. The van der Waals surface area contributed by atoms with E-state index in [2.05, 4.69) is 26.2 Å². The number of halogens is 2. The molecule has 0 spiro atoms. The minimum absolute atomic E-state index is 0.215. The zero-order valence-corrected chi connectivity index (χ0v) is 9.10. The van der Waals surface area contributed by atoms with Gasteiger partial charge in [0.25, 0.3) is 5.91 Å². The Kier molecular flexibility index (Phi) is 4.18. The van der Waals surface area contributed by atoms with Gasteiger partial charge >= 0.3 is 0 Å². The van der Waals surface area contributed by atoms with Crippen molar-refractivity contribution < 1.29 is 4.79 Å². The fourth-order valence-electron chi connectivity index (χ4n) is 0.797. The van der Waals surface area contributed by atoms with Crippen molar-refractivity contribution in [1.29, 1.82) is 0 Å². The van der Waals surface area contributed by atoms with E-state index in [4.69, 9.17) is 11.6 Å². The average molecular weight is 264 g/mol. The van der Waals surface area contributed by atoms with Gasteiger partial charge in [-0.3, -0.25) is 4.79 Å². The van der Waals surface area contributed by atoms with Crippen LogP contribution in [0.5, 0.6) is 0 Å². The molecule has 70 valence electrons. The molecule has 0 unspecified atom stereocenters. The molecule has 13 heavy (non-hydrogen) atoms. The first-order valence-corrected chi connectivity index (χ1v) is 5.03. The van der Waals surface area contributed by atoms with Gasteiger partial charge in [-0.05, 0) is 28.1 Å². The van der Waals surface area contributed by atoms with Gasteiger partial charge in [-0.2, -0.15) is 0 Å². The van der Waals surface area contributed by atoms with Crippen molar-refractivity contribution in [3.8, 4) is 0 Å². The molecule has 5 heteroatoms. The molecule has 0 bridgehead atoms. The first-order valence-electron chi connectivity index (χ1n) is 3.70. The summed E-state index contributed by atoms with van der Waals surface area (Å²) in [4.78, 5) is 15.3. The summed E-state index contributed by atoms with van der Waals surface area (Å²) in [5.74, 6) is 0.184. The number of carbonyl (C=O) groups is 1. The van der Waals surface area contributed by atoms with Gasteiger partial charge in [-0.25, -0.2) is 4.98 Å². The van der Waals surface area contributed by atoms with E-state index in [9.17, 15) is 4.79 Å². The average Bonchev–Trinajstić information content (AvgIpc) is 2.15. The molecular formula is C8H8BrClN2O. The lowest BCUT2D eigenvalue weighted by molar-refractivity contribution is 0.0950. The maximum absolute atomic E-state index is 11.4. The van der Waals surface area contributed by atoms with Gasteiger partial charge in [0.2, 0.25) is 0 Å². The van der Waals surface area contributed by atoms with Gasteiger partial charge in [-0.1, -0.05) is 0 Å². The first kappa shape index (κ1) is 10.5. The smallest absolute Gasteiger partial charge is 0.271 e. The van der Waals surface area contributed by atoms with Crippen molar-refractivity contribution >= 4 is 33.4 Å². The van der Waals surface area contributed by atoms with E-state index in [0.29, 0.717) is 22.6 Å². The maximum Gasteiger partial charge on any atom is 0.271 e. The molecule has 1 N–H and O–H groups in total. The summed E-state index contributed by atoms with van der Waals surface area (Å²) in [5.41, 5.74) is 0.382. The predicted octanol–water partition coefficient (Wildman–Crippen LogP) is 1.81. The summed E-state index contributed by atoms with van der Waals surface area (Å²) in [6.45, 7) is 0.448. The van der Waals surface area contributed by atoms with Crippen molar-refractivity contribution in [3.05, 3.63) is 28.5 Å². The summed E-state index contributed by atoms with van der Waals surface area (Å²) < 4.78 is 0.682. The van der Waals surface area contributed by atoms with Crippen LogP contribution in [-0.4, -0.2) is 23.3 Å². The van der Waals surface area contributed by atoms with E-state index in [1.165, 1.54) is 0 Å². The van der Waals surface area contributed by atoms with Crippen molar-refractivity contribution in [2.75, 3.05) is 12.4 Å². The van der Waals surface area contributed by atoms with Gasteiger partial charge < -0.3 is 5.32 Å². The number of carbonyl (C=O) groups excluding carboxylic acids is 1. The Morgan fingerprint density at radius 1 is 1.69 bits per heavy atom. The molecule has 0 aromatic carbocycles. The van der Waals surface area contributed by atoms with E-state index in [0.717, 1.165) is 0 Å². The molecule has 0 saturated heterocycles. The summed E-state index contributed by atoms with van der Waals surface area (Å²) >= 11 is 8.66. The Bertz CT molecular complexity index is 306.